The molecule has 4 unspecified atom stereocenters. The van der Waals surface area contributed by atoms with Crippen LogP contribution in [0.1, 0.15) is 39.2 Å². The molecule has 0 aliphatic carbocycles. The van der Waals surface area contributed by atoms with E-state index in [0.717, 1.165) is 0 Å². The van der Waals surface area contributed by atoms with E-state index in [0.29, 0.717) is 24.9 Å². The molecule has 0 spiro atoms. The summed E-state index contributed by atoms with van der Waals surface area (Å²) in [5.41, 5.74) is 6.45. The van der Waals surface area contributed by atoms with Gasteiger partial charge in [-0.3, -0.25) is 14.4 Å². The lowest BCUT2D eigenvalue weighted by Gasteiger charge is -2.28. The highest BCUT2D eigenvalue weighted by Gasteiger charge is 2.38. The van der Waals surface area contributed by atoms with Gasteiger partial charge in [0.25, 0.3) is 0 Å². The first kappa shape index (κ1) is 25.1. The third-order valence-electron chi connectivity index (χ3n) is 5.58. The van der Waals surface area contributed by atoms with Crippen molar-refractivity contribution in [1.82, 2.24) is 15.5 Å². The van der Waals surface area contributed by atoms with Crippen molar-refractivity contribution in [3.63, 3.8) is 0 Å². The van der Waals surface area contributed by atoms with Crippen molar-refractivity contribution in [2.75, 3.05) is 6.54 Å². The number of nitrogens with one attached hydrogen (secondary N) is 2. The molecule has 1 fully saturated rings. The van der Waals surface area contributed by atoms with Crippen molar-refractivity contribution in [2.45, 2.75) is 64.2 Å². The molecule has 0 aromatic heterocycles. The van der Waals surface area contributed by atoms with Gasteiger partial charge in [0.1, 0.15) is 23.9 Å². The second kappa shape index (κ2) is 10.9. The summed E-state index contributed by atoms with van der Waals surface area (Å²) in [5.74, 6) is -2.66. The van der Waals surface area contributed by atoms with Crippen molar-refractivity contribution in [3.05, 3.63) is 29.8 Å². The average Bonchev–Trinajstić information content (AvgIpc) is 3.23. The van der Waals surface area contributed by atoms with Gasteiger partial charge in [-0.2, -0.15) is 0 Å². The fourth-order valence-corrected chi connectivity index (χ4v) is 3.56. The van der Waals surface area contributed by atoms with Gasteiger partial charge in [-0.05, 0) is 43.4 Å². The van der Waals surface area contributed by atoms with Gasteiger partial charge in [0.2, 0.25) is 17.7 Å². The summed E-state index contributed by atoms with van der Waals surface area (Å²) >= 11 is 0. The number of benzene rings is 1. The molecule has 1 aromatic rings. The van der Waals surface area contributed by atoms with Crippen LogP contribution in [0.3, 0.4) is 0 Å². The van der Waals surface area contributed by atoms with Gasteiger partial charge >= 0.3 is 5.97 Å². The number of hydrogen-bond donors (Lipinski definition) is 5. The molecule has 32 heavy (non-hydrogen) atoms. The maximum atomic E-state index is 12.9. The number of carboxylic acid groups (broad SMARTS) is 1. The van der Waals surface area contributed by atoms with Crippen molar-refractivity contribution in [2.24, 2.45) is 11.7 Å². The molecule has 1 saturated heterocycles. The SMILES string of the molecule is CC(NC(=O)C(N)C(C)C)C(=O)N1CCCC1C(=O)NC(Cc1ccc(O)cc1)C(=O)O. The number of amides is 3. The second-order valence-electron chi connectivity index (χ2n) is 8.46. The molecule has 176 valence electrons. The summed E-state index contributed by atoms with van der Waals surface area (Å²) in [6.45, 7) is 5.47. The van der Waals surface area contributed by atoms with Crippen LogP contribution in [0.15, 0.2) is 24.3 Å². The van der Waals surface area contributed by atoms with Gasteiger partial charge in [-0.15, -0.1) is 0 Å². The van der Waals surface area contributed by atoms with Crippen LogP contribution in [0.4, 0.5) is 0 Å². The molecule has 10 heteroatoms. The largest absolute Gasteiger partial charge is 0.508 e. The van der Waals surface area contributed by atoms with Crippen LogP contribution in [0.2, 0.25) is 0 Å². The van der Waals surface area contributed by atoms with Crippen LogP contribution in [-0.2, 0) is 25.6 Å². The molecule has 4 atom stereocenters. The Bertz CT molecular complexity index is 841. The zero-order chi connectivity index (χ0) is 24.0. The summed E-state index contributed by atoms with van der Waals surface area (Å²) in [7, 11) is 0. The molecule has 1 aromatic carbocycles. The van der Waals surface area contributed by atoms with Crippen molar-refractivity contribution in [1.29, 1.82) is 0 Å². The number of carboxylic acids is 1. The number of phenolic OH excluding ortho intramolecular Hbond substituents is 1. The second-order valence-corrected chi connectivity index (χ2v) is 8.46. The Morgan fingerprint density at radius 3 is 2.31 bits per heavy atom. The first-order valence-electron chi connectivity index (χ1n) is 10.7. The van der Waals surface area contributed by atoms with Gasteiger partial charge < -0.3 is 31.5 Å². The Morgan fingerprint density at radius 1 is 1.12 bits per heavy atom. The fraction of sp³-hybridized carbons (Fsp3) is 0.545. The highest BCUT2D eigenvalue weighted by Crippen LogP contribution is 2.19. The maximum Gasteiger partial charge on any atom is 0.326 e. The smallest absolute Gasteiger partial charge is 0.326 e. The van der Waals surface area contributed by atoms with Gasteiger partial charge in [0.15, 0.2) is 0 Å². The topological polar surface area (TPSA) is 162 Å². The monoisotopic (exact) mass is 448 g/mol. The van der Waals surface area contributed by atoms with Crippen molar-refractivity contribution < 1.29 is 29.4 Å². The van der Waals surface area contributed by atoms with E-state index in [1.807, 2.05) is 0 Å². The molecule has 0 bridgehead atoms. The summed E-state index contributed by atoms with van der Waals surface area (Å²) < 4.78 is 0. The third-order valence-corrected chi connectivity index (χ3v) is 5.58. The summed E-state index contributed by atoms with van der Waals surface area (Å²) in [4.78, 5) is 51.0. The first-order chi connectivity index (χ1) is 15.0. The lowest BCUT2D eigenvalue weighted by molar-refractivity contribution is -0.144. The molecular formula is C22H32N4O6. The number of phenols is 1. The zero-order valence-electron chi connectivity index (χ0n) is 18.6. The molecule has 6 N–H and O–H groups in total. The molecule has 1 heterocycles. The van der Waals surface area contributed by atoms with Crippen molar-refractivity contribution >= 4 is 23.7 Å². The Morgan fingerprint density at radius 2 is 1.75 bits per heavy atom. The number of aliphatic carboxylic acids is 1. The van der Waals surface area contributed by atoms with E-state index in [-0.39, 0.29) is 18.1 Å². The van der Waals surface area contributed by atoms with Crippen LogP contribution in [0.5, 0.6) is 5.75 Å². The molecular weight excluding hydrogens is 416 g/mol. The van der Waals surface area contributed by atoms with Crippen LogP contribution in [0, 0.1) is 5.92 Å². The Hall–Kier alpha value is -3.14. The number of likely N-dealkylation sites (tertiary alicyclic amines) is 1. The van der Waals surface area contributed by atoms with Crippen LogP contribution in [-0.4, -0.2) is 69.5 Å². The minimum atomic E-state index is -1.20. The normalized spacial score (nSPS) is 18.7. The molecule has 10 nitrogen and oxygen atoms in total. The van der Waals surface area contributed by atoms with E-state index in [2.05, 4.69) is 10.6 Å². The predicted octanol–water partition coefficient (Wildman–Crippen LogP) is -0.0169. The molecule has 0 radical (unpaired) electrons. The lowest BCUT2D eigenvalue weighted by Crippen LogP contribution is -2.56. The predicted molar refractivity (Wildman–Crippen MR) is 117 cm³/mol. The van der Waals surface area contributed by atoms with Gasteiger partial charge in [-0.25, -0.2) is 4.79 Å². The Balaban J connectivity index is 2.03. The standard InChI is InChI=1S/C22H32N4O6/c1-12(2)18(23)20(29)24-13(3)21(30)26-10-4-5-17(26)19(28)25-16(22(31)32)11-14-6-8-15(27)9-7-14/h6-9,12-13,16-18,27H,4-5,10-11,23H2,1-3H3,(H,24,29)(H,25,28)(H,31,32). The van der Waals surface area contributed by atoms with E-state index >= 15 is 0 Å². The van der Waals surface area contributed by atoms with Crippen LogP contribution >= 0.6 is 0 Å². The molecule has 1 aliphatic rings. The number of carbonyl (C=O) groups excluding carboxylic acids is 3. The molecule has 2 rings (SSSR count). The quantitative estimate of drug-likeness (QED) is 0.355. The summed E-state index contributed by atoms with van der Waals surface area (Å²) in [5, 5.41) is 24.0. The highest BCUT2D eigenvalue weighted by molar-refractivity contribution is 5.94. The first-order valence-corrected chi connectivity index (χ1v) is 10.7. The third kappa shape index (κ3) is 6.43. The molecule has 3 amide bonds. The van der Waals surface area contributed by atoms with Gasteiger partial charge in [0, 0.05) is 13.0 Å². The van der Waals surface area contributed by atoms with Crippen molar-refractivity contribution in [3.8, 4) is 5.75 Å². The van der Waals surface area contributed by atoms with E-state index in [9.17, 15) is 29.4 Å². The number of rotatable bonds is 9. The number of hydrogen-bond acceptors (Lipinski definition) is 6. The number of aromatic hydroxyl groups is 1. The average molecular weight is 449 g/mol. The highest BCUT2D eigenvalue weighted by atomic mass is 16.4. The number of carbonyl (C=O) groups is 4. The summed E-state index contributed by atoms with van der Waals surface area (Å²) in [6, 6.07) is 2.41. The number of nitrogens with two attached hydrogens (primary N) is 1. The van der Waals surface area contributed by atoms with Gasteiger partial charge in [-0.1, -0.05) is 26.0 Å². The van der Waals surface area contributed by atoms with Gasteiger partial charge in [0.05, 0.1) is 6.04 Å². The lowest BCUT2D eigenvalue weighted by atomic mass is 10.0. The molecule has 1 aliphatic heterocycles. The Labute approximate surface area is 187 Å². The van der Waals surface area contributed by atoms with E-state index in [1.54, 1.807) is 26.0 Å². The number of nitrogens with zero attached hydrogens (tertiary/aromatic N) is 1. The maximum absolute atomic E-state index is 12.9. The minimum Gasteiger partial charge on any atom is -0.508 e. The molecule has 0 saturated carbocycles. The van der Waals surface area contributed by atoms with Crippen LogP contribution < -0.4 is 16.4 Å². The fourth-order valence-electron chi connectivity index (χ4n) is 3.56. The Kier molecular flexibility index (Phi) is 8.59. The van der Waals surface area contributed by atoms with Crippen LogP contribution in [0.25, 0.3) is 0 Å². The summed E-state index contributed by atoms with van der Waals surface area (Å²) in [6.07, 6.45) is 1.02. The minimum absolute atomic E-state index is 0.0293. The van der Waals surface area contributed by atoms with E-state index in [1.165, 1.54) is 24.0 Å². The zero-order valence-corrected chi connectivity index (χ0v) is 18.6. The van der Waals surface area contributed by atoms with E-state index < -0.39 is 47.9 Å². The van der Waals surface area contributed by atoms with E-state index in [4.69, 9.17) is 5.73 Å².